The second kappa shape index (κ2) is 10.4. The van der Waals surface area contributed by atoms with Crippen LogP contribution in [0.2, 0.25) is 0 Å². The Morgan fingerprint density at radius 1 is 1.17 bits per heavy atom. The van der Waals surface area contributed by atoms with Gasteiger partial charge in [-0.15, -0.1) is 0 Å². The number of allylic oxidation sites excluding steroid dienone is 2. The lowest BCUT2D eigenvalue weighted by Crippen LogP contribution is -2.07. The number of hydrogen-bond acceptors (Lipinski definition) is 3. The van der Waals surface area contributed by atoms with Gasteiger partial charge >= 0.3 is 0 Å². The largest absolute Gasteiger partial charge is 0.296 e. The first-order valence-electron chi connectivity index (χ1n) is 8.26. The van der Waals surface area contributed by atoms with Gasteiger partial charge in [0, 0.05) is 0 Å². The van der Waals surface area contributed by atoms with Gasteiger partial charge in [0.1, 0.15) is 0 Å². The van der Waals surface area contributed by atoms with Crippen molar-refractivity contribution in [1.82, 2.24) is 0 Å². The van der Waals surface area contributed by atoms with Crippen LogP contribution in [0.25, 0.3) is 0 Å². The maximum absolute atomic E-state index is 12.0. The summed E-state index contributed by atoms with van der Waals surface area (Å²) in [6, 6.07) is 6.65. The van der Waals surface area contributed by atoms with Crippen molar-refractivity contribution in [2.75, 3.05) is 6.61 Å². The Bertz CT molecular complexity index is 598. The zero-order valence-electron chi connectivity index (χ0n) is 14.3. The van der Waals surface area contributed by atoms with Crippen molar-refractivity contribution in [3.8, 4) is 0 Å². The fourth-order valence-corrected chi connectivity index (χ4v) is 2.99. The molecule has 3 nitrogen and oxygen atoms in total. The van der Waals surface area contributed by atoms with Crippen LogP contribution in [0.5, 0.6) is 0 Å². The molecule has 0 fully saturated rings. The van der Waals surface area contributed by atoms with E-state index in [4.69, 9.17) is 4.18 Å². The maximum Gasteiger partial charge on any atom is 0.296 e. The van der Waals surface area contributed by atoms with Gasteiger partial charge in [0.15, 0.2) is 0 Å². The minimum absolute atomic E-state index is 0.120. The summed E-state index contributed by atoms with van der Waals surface area (Å²) in [6.45, 7) is 8.16. The third-order valence-corrected chi connectivity index (χ3v) is 4.88. The van der Waals surface area contributed by atoms with Gasteiger partial charge in [-0.25, -0.2) is 0 Å². The highest BCUT2D eigenvalue weighted by molar-refractivity contribution is 7.86. The highest BCUT2D eigenvalue weighted by Crippen LogP contribution is 2.14. The summed E-state index contributed by atoms with van der Waals surface area (Å²) in [6.07, 6.45) is 10.6. The fraction of sp³-hybridized carbons (Fsp3) is 0.474. The lowest BCUT2D eigenvalue weighted by atomic mass is 10.1. The van der Waals surface area contributed by atoms with Crippen molar-refractivity contribution in [3.05, 3.63) is 54.1 Å². The van der Waals surface area contributed by atoms with E-state index in [1.807, 2.05) is 13.0 Å². The van der Waals surface area contributed by atoms with Crippen molar-refractivity contribution in [3.63, 3.8) is 0 Å². The van der Waals surface area contributed by atoms with Crippen LogP contribution >= 0.6 is 0 Å². The van der Waals surface area contributed by atoms with E-state index >= 15 is 0 Å². The SMILES string of the molecule is C=C(/C=C/CCCCCC)CCOS(=O)(=O)c1ccc(C)cc1. The quantitative estimate of drug-likeness (QED) is 0.318. The lowest BCUT2D eigenvalue weighted by Gasteiger charge is -2.06. The Balaban J connectivity index is 2.31. The molecule has 1 rings (SSSR count). The van der Waals surface area contributed by atoms with Crippen molar-refractivity contribution < 1.29 is 12.6 Å². The Morgan fingerprint density at radius 3 is 2.52 bits per heavy atom. The average Bonchev–Trinajstić information content (AvgIpc) is 2.51. The van der Waals surface area contributed by atoms with E-state index in [0.29, 0.717) is 6.42 Å². The second-order valence-electron chi connectivity index (χ2n) is 5.75. The highest BCUT2D eigenvalue weighted by atomic mass is 32.2. The monoisotopic (exact) mass is 336 g/mol. The molecule has 4 heteroatoms. The van der Waals surface area contributed by atoms with Gasteiger partial charge in [-0.2, -0.15) is 8.42 Å². The smallest absolute Gasteiger partial charge is 0.266 e. The van der Waals surface area contributed by atoms with E-state index in [1.165, 1.54) is 25.7 Å². The first-order chi connectivity index (χ1) is 11.0. The molecular formula is C19H28O3S. The molecule has 0 saturated carbocycles. The number of aryl methyl sites for hydroxylation is 1. The molecule has 1 aromatic carbocycles. The predicted molar refractivity (Wildman–Crippen MR) is 96.0 cm³/mol. The molecular weight excluding hydrogens is 308 g/mol. The zero-order chi connectivity index (χ0) is 17.1. The molecule has 0 spiro atoms. The van der Waals surface area contributed by atoms with E-state index < -0.39 is 10.1 Å². The topological polar surface area (TPSA) is 43.4 Å². The number of benzene rings is 1. The average molecular weight is 336 g/mol. The summed E-state index contributed by atoms with van der Waals surface area (Å²) in [5.41, 5.74) is 1.90. The van der Waals surface area contributed by atoms with Crippen molar-refractivity contribution in [1.29, 1.82) is 0 Å². The Labute approximate surface area is 141 Å². The molecule has 0 bridgehead atoms. The third-order valence-electron chi connectivity index (χ3n) is 3.55. The predicted octanol–water partition coefficient (Wildman–Crippen LogP) is 5.17. The van der Waals surface area contributed by atoms with Gasteiger partial charge in [-0.1, -0.05) is 68.2 Å². The van der Waals surface area contributed by atoms with Gasteiger partial charge in [-0.05, 0) is 38.3 Å². The van der Waals surface area contributed by atoms with Crippen molar-refractivity contribution in [2.45, 2.75) is 57.3 Å². The standard InChI is InChI=1S/C19H28O3S/c1-4-5-6-7-8-9-10-17(2)15-16-22-23(20,21)19-13-11-18(3)12-14-19/h9-14H,2,4-8,15-16H2,1,3H3/b10-9+. The van der Waals surface area contributed by atoms with Crippen molar-refractivity contribution >= 4 is 10.1 Å². The molecule has 0 aromatic heterocycles. The maximum atomic E-state index is 12.0. The summed E-state index contributed by atoms with van der Waals surface area (Å²) in [4.78, 5) is 0.195. The minimum atomic E-state index is -3.67. The number of hydrogen-bond donors (Lipinski definition) is 0. The fourth-order valence-electron chi connectivity index (χ4n) is 2.08. The first-order valence-corrected chi connectivity index (χ1v) is 9.67. The second-order valence-corrected chi connectivity index (χ2v) is 7.36. The number of unbranched alkanes of at least 4 members (excludes halogenated alkanes) is 4. The molecule has 0 radical (unpaired) electrons. The summed E-state index contributed by atoms with van der Waals surface area (Å²) in [5.74, 6) is 0. The molecule has 0 N–H and O–H groups in total. The van der Waals surface area contributed by atoms with E-state index in [9.17, 15) is 8.42 Å². The van der Waals surface area contributed by atoms with Crippen LogP contribution in [0, 0.1) is 6.92 Å². The summed E-state index contributed by atoms with van der Waals surface area (Å²) >= 11 is 0. The molecule has 0 aliphatic rings. The van der Waals surface area contributed by atoms with Crippen LogP contribution in [0.1, 0.15) is 51.0 Å². The van der Waals surface area contributed by atoms with Gasteiger partial charge in [-0.3, -0.25) is 4.18 Å². The Morgan fingerprint density at radius 2 is 1.87 bits per heavy atom. The van der Waals surface area contributed by atoms with Gasteiger partial charge in [0.25, 0.3) is 10.1 Å². The van der Waals surface area contributed by atoms with E-state index in [-0.39, 0.29) is 11.5 Å². The number of rotatable bonds is 11. The van der Waals surface area contributed by atoms with E-state index in [1.54, 1.807) is 24.3 Å². The highest BCUT2D eigenvalue weighted by Gasteiger charge is 2.14. The summed E-state index contributed by atoms with van der Waals surface area (Å²) in [7, 11) is -3.67. The molecule has 1 aromatic rings. The Kier molecular flexibility index (Phi) is 8.89. The molecule has 0 saturated heterocycles. The normalized spacial score (nSPS) is 11.9. The first kappa shape index (κ1) is 19.7. The zero-order valence-corrected chi connectivity index (χ0v) is 15.1. The lowest BCUT2D eigenvalue weighted by molar-refractivity contribution is 0.323. The van der Waals surface area contributed by atoms with E-state index in [0.717, 1.165) is 17.6 Å². The van der Waals surface area contributed by atoms with Crippen LogP contribution in [0.4, 0.5) is 0 Å². The van der Waals surface area contributed by atoms with Crippen LogP contribution < -0.4 is 0 Å². The molecule has 0 aliphatic carbocycles. The van der Waals surface area contributed by atoms with Gasteiger partial charge < -0.3 is 0 Å². The minimum Gasteiger partial charge on any atom is -0.266 e. The van der Waals surface area contributed by atoms with Crippen LogP contribution in [0.15, 0.2) is 53.5 Å². The molecule has 0 heterocycles. The molecule has 0 aliphatic heterocycles. The molecule has 23 heavy (non-hydrogen) atoms. The van der Waals surface area contributed by atoms with Crippen LogP contribution in [-0.4, -0.2) is 15.0 Å². The molecule has 128 valence electrons. The van der Waals surface area contributed by atoms with Crippen LogP contribution in [-0.2, 0) is 14.3 Å². The van der Waals surface area contributed by atoms with Crippen molar-refractivity contribution in [2.24, 2.45) is 0 Å². The van der Waals surface area contributed by atoms with E-state index in [2.05, 4.69) is 19.6 Å². The van der Waals surface area contributed by atoms with Crippen LogP contribution in [0.3, 0.4) is 0 Å². The summed E-state index contributed by atoms with van der Waals surface area (Å²) in [5, 5.41) is 0. The Hall–Kier alpha value is -1.39. The molecule has 0 unspecified atom stereocenters. The summed E-state index contributed by atoms with van der Waals surface area (Å²) < 4.78 is 29.1. The van der Waals surface area contributed by atoms with Gasteiger partial charge in [0.05, 0.1) is 11.5 Å². The molecule has 0 amide bonds. The third kappa shape index (κ3) is 8.14. The van der Waals surface area contributed by atoms with Gasteiger partial charge in [0.2, 0.25) is 0 Å². The molecule has 0 atom stereocenters.